The van der Waals surface area contributed by atoms with Crippen molar-refractivity contribution in [3.05, 3.63) is 11.5 Å². The van der Waals surface area contributed by atoms with Crippen molar-refractivity contribution in [2.24, 2.45) is 0 Å². The quantitative estimate of drug-likeness (QED) is 0.785. The van der Waals surface area contributed by atoms with Crippen LogP contribution in [0.15, 0.2) is 0 Å². The number of aryl methyl sites for hydroxylation is 1. The van der Waals surface area contributed by atoms with E-state index in [1.54, 1.807) is 0 Å². The first-order valence-corrected chi connectivity index (χ1v) is 7.57. The van der Waals surface area contributed by atoms with Gasteiger partial charge in [0.2, 0.25) is 0 Å². The molecule has 2 saturated heterocycles. The molecule has 0 aromatic carbocycles. The Kier molecular flexibility index (Phi) is 2.67. The van der Waals surface area contributed by atoms with Gasteiger partial charge in [-0.3, -0.25) is 0 Å². The summed E-state index contributed by atoms with van der Waals surface area (Å²) in [7, 11) is 0. The van der Waals surface area contributed by atoms with E-state index >= 15 is 0 Å². The van der Waals surface area contributed by atoms with Gasteiger partial charge >= 0.3 is 0 Å². The van der Waals surface area contributed by atoms with E-state index < -0.39 is 0 Å². The van der Waals surface area contributed by atoms with Crippen LogP contribution in [0.5, 0.6) is 5.75 Å². The standard InChI is InChI=1S/C15H21N3O2/c1-8(2)13-14-15(17-9(3)16-13)18-6-10-4-5-12(20-10)11(18)7-19-14/h8,10-12H,4-7H2,1-3H3. The normalized spacial score (nSPS) is 31.0. The Labute approximate surface area is 119 Å². The van der Waals surface area contributed by atoms with Gasteiger partial charge in [-0.25, -0.2) is 9.97 Å². The molecule has 1 aromatic heterocycles. The third-order valence-electron chi connectivity index (χ3n) is 4.57. The summed E-state index contributed by atoms with van der Waals surface area (Å²) in [6, 6.07) is 0.315. The number of nitrogens with zero attached hydrogens (tertiary/aromatic N) is 3. The zero-order valence-corrected chi connectivity index (χ0v) is 12.3. The number of aromatic nitrogens is 2. The van der Waals surface area contributed by atoms with Gasteiger partial charge < -0.3 is 14.4 Å². The van der Waals surface area contributed by atoms with E-state index in [9.17, 15) is 0 Å². The molecule has 0 aliphatic carbocycles. The molecule has 2 bridgehead atoms. The molecule has 4 heterocycles. The smallest absolute Gasteiger partial charge is 0.183 e. The molecule has 1 aromatic rings. The molecule has 3 unspecified atom stereocenters. The lowest BCUT2D eigenvalue weighted by Crippen LogP contribution is -2.56. The van der Waals surface area contributed by atoms with E-state index in [-0.39, 0.29) is 0 Å². The van der Waals surface area contributed by atoms with Gasteiger partial charge in [0.05, 0.1) is 23.9 Å². The lowest BCUT2D eigenvalue weighted by molar-refractivity contribution is -0.0107. The summed E-state index contributed by atoms with van der Waals surface area (Å²) in [5, 5.41) is 0. The third kappa shape index (κ3) is 1.72. The minimum absolute atomic E-state index is 0.305. The first-order chi connectivity index (χ1) is 9.63. The van der Waals surface area contributed by atoms with Crippen molar-refractivity contribution in [1.82, 2.24) is 9.97 Å². The second-order valence-electron chi connectivity index (χ2n) is 6.37. The van der Waals surface area contributed by atoms with Crippen LogP contribution in [0.3, 0.4) is 0 Å². The molecule has 4 rings (SSSR count). The van der Waals surface area contributed by atoms with Crippen LogP contribution in [0.25, 0.3) is 0 Å². The second-order valence-corrected chi connectivity index (χ2v) is 6.37. The molecule has 108 valence electrons. The van der Waals surface area contributed by atoms with E-state index in [4.69, 9.17) is 9.47 Å². The number of hydrogen-bond acceptors (Lipinski definition) is 5. The zero-order valence-electron chi connectivity index (χ0n) is 12.3. The Balaban J connectivity index is 1.80. The molecule has 5 heteroatoms. The second kappa shape index (κ2) is 4.32. The molecule has 3 atom stereocenters. The van der Waals surface area contributed by atoms with Crippen LogP contribution in [-0.4, -0.2) is 41.4 Å². The minimum Gasteiger partial charge on any atom is -0.486 e. The lowest BCUT2D eigenvalue weighted by Gasteiger charge is -2.44. The van der Waals surface area contributed by atoms with E-state index in [1.165, 1.54) is 0 Å². The van der Waals surface area contributed by atoms with E-state index in [1.807, 2.05) is 6.92 Å². The number of ether oxygens (including phenoxy) is 2. The summed E-state index contributed by atoms with van der Waals surface area (Å²) < 4.78 is 12.1. The van der Waals surface area contributed by atoms with Crippen molar-refractivity contribution >= 4 is 5.82 Å². The Morgan fingerprint density at radius 2 is 2.10 bits per heavy atom. The number of hydrogen-bond donors (Lipinski definition) is 0. The summed E-state index contributed by atoms with van der Waals surface area (Å²) in [6.45, 7) is 7.90. The summed E-state index contributed by atoms with van der Waals surface area (Å²) in [5.41, 5.74) is 1.03. The highest BCUT2D eigenvalue weighted by atomic mass is 16.5. The number of anilines is 1. The monoisotopic (exact) mass is 275 g/mol. The first-order valence-electron chi connectivity index (χ1n) is 7.57. The minimum atomic E-state index is 0.305. The molecule has 20 heavy (non-hydrogen) atoms. The van der Waals surface area contributed by atoms with Crippen LogP contribution in [0.4, 0.5) is 5.82 Å². The highest BCUT2D eigenvalue weighted by molar-refractivity contribution is 5.59. The summed E-state index contributed by atoms with van der Waals surface area (Å²) in [6.07, 6.45) is 2.97. The third-order valence-corrected chi connectivity index (χ3v) is 4.57. The summed E-state index contributed by atoms with van der Waals surface area (Å²) in [5.74, 6) is 3.05. The van der Waals surface area contributed by atoms with Crippen LogP contribution >= 0.6 is 0 Å². The number of fused-ring (bicyclic) bond motifs is 6. The average molecular weight is 275 g/mol. The molecule has 0 amide bonds. The maximum absolute atomic E-state index is 6.04. The van der Waals surface area contributed by atoms with Crippen molar-refractivity contribution in [2.45, 2.75) is 57.8 Å². The predicted octanol–water partition coefficient (Wildman–Crippen LogP) is 2.04. The van der Waals surface area contributed by atoms with Gasteiger partial charge in [-0.1, -0.05) is 13.8 Å². The van der Waals surface area contributed by atoms with E-state index in [2.05, 4.69) is 28.7 Å². The van der Waals surface area contributed by atoms with Crippen molar-refractivity contribution < 1.29 is 9.47 Å². The molecule has 5 nitrogen and oxygen atoms in total. The Morgan fingerprint density at radius 1 is 1.25 bits per heavy atom. The number of morpholine rings is 1. The van der Waals surface area contributed by atoms with Gasteiger partial charge in [-0.15, -0.1) is 0 Å². The van der Waals surface area contributed by atoms with Crippen molar-refractivity contribution in [2.75, 3.05) is 18.1 Å². The molecule has 0 saturated carbocycles. The summed E-state index contributed by atoms with van der Waals surface area (Å²) in [4.78, 5) is 11.7. The van der Waals surface area contributed by atoms with Crippen LogP contribution in [0.1, 0.15) is 44.1 Å². The van der Waals surface area contributed by atoms with Crippen molar-refractivity contribution in [3.63, 3.8) is 0 Å². The Bertz CT molecular complexity index is 546. The molecular formula is C15H21N3O2. The van der Waals surface area contributed by atoms with Crippen molar-refractivity contribution in [3.8, 4) is 5.75 Å². The molecule has 3 aliphatic heterocycles. The average Bonchev–Trinajstić information content (AvgIpc) is 2.80. The van der Waals surface area contributed by atoms with Gasteiger partial charge in [0, 0.05) is 6.54 Å². The first kappa shape index (κ1) is 12.4. The molecule has 2 fully saturated rings. The van der Waals surface area contributed by atoms with E-state index in [0.29, 0.717) is 30.8 Å². The Hall–Kier alpha value is -1.36. The predicted molar refractivity (Wildman–Crippen MR) is 75.4 cm³/mol. The Morgan fingerprint density at radius 3 is 2.90 bits per heavy atom. The molecule has 0 N–H and O–H groups in total. The topological polar surface area (TPSA) is 47.5 Å². The molecule has 0 spiro atoms. The fourth-order valence-electron chi connectivity index (χ4n) is 3.61. The van der Waals surface area contributed by atoms with Crippen LogP contribution in [0.2, 0.25) is 0 Å². The summed E-state index contributed by atoms with van der Waals surface area (Å²) >= 11 is 0. The maximum atomic E-state index is 6.04. The van der Waals surface area contributed by atoms with E-state index in [0.717, 1.165) is 42.5 Å². The van der Waals surface area contributed by atoms with Gasteiger partial charge in [0.15, 0.2) is 11.6 Å². The van der Waals surface area contributed by atoms with Gasteiger partial charge in [0.1, 0.15) is 12.4 Å². The lowest BCUT2D eigenvalue weighted by atomic mass is 10.0. The number of rotatable bonds is 1. The highest BCUT2D eigenvalue weighted by Gasteiger charge is 2.46. The fourth-order valence-corrected chi connectivity index (χ4v) is 3.61. The zero-order chi connectivity index (χ0) is 13.9. The molecule has 0 radical (unpaired) electrons. The van der Waals surface area contributed by atoms with Gasteiger partial charge in [0.25, 0.3) is 0 Å². The fraction of sp³-hybridized carbons (Fsp3) is 0.733. The van der Waals surface area contributed by atoms with Crippen molar-refractivity contribution in [1.29, 1.82) is 0 Å². The van der Waals surface area contributed by atoms with Gasteiger partial charge in [-0.05, 0) is 25.7 Å². The van der Waals surface area contributed by atoms with Gasteiger partial charge in [-0.2, -0.15) is 0 Å². The molecular weight excluding hydrogens is 254 g/mol. The SMILES string of the molecule is Cc1nc(C(C)C)c2c(n1)N1CC3CCC(O3)C1CO2. The molecule has 3 aliphatic rings. The van der Waals surface area contributed by atoms with Crippen LogP contribution in [0, 0.1) is 6.92 Å². The van der Waals surface area contributed by atoms with Crippen LogP contribution < -0.4 is 9.64 Å². The maximum Gasteiger partial charge on any atom is 0.183 e. The highest BCUT2D eigenvalue weighted by Crippen LogP contribution is 2.42. The largest absolute Gasteiger partial charge is 0.486 e. The van der Waals surface area contributed by atoms with Crippen LogP contribution in [-0.2, 0) is 4.74 Å².